The van der Waals surface area contributed by atoms with Crippen LogP contribution in [0.5, 0.6) is 0 Å². The van der Waals surface area contributed by atoms with E-state index in [1.165, 1.54) is 6.07 Å². The monoisotopic (exact) mass is 439 g/mol. The predicted octanol–water partition coefficient (Wildman–Crippen LogP) is 4.75. The van der Waals surface area contributed by atoms with E-state index in [1.54, 1.807) is 6.33 Å². The van der Waals surface area contributed by atoms with Gasteiger partial charge in [-0.15, -0.1) is 0 Å². The van der Waals surface area contributed by atoms with Gasteiger partial charge in [-0.05, 0) is 49.9 Å². The second-order valence-corrected chi connectivity index (χ2v) is 10.3. The SMILES string of the molecule is CC(C(=O)NC12CC(C(F)(F)F)(C1)C2)C1[C@H]2CC(n3cnc4cc(F)c(F)cc43)C[C@@H]12. The maximum absolute atomic E-state index is 13.7. The third-order valence-electron chi connectivity index (χ3n) is 8.51. The lowest BCUT2D eigenvalue weighted by atomic mass is 9.39. The Hall–Kier alpha value is -2.19. The molecule has 5 fully saturated rings. The zero-order chi connectivity index (χ0) is 21.9. The molecule has 1 heterocycles. The summed E-state index contributed by atoms with van der Waals surface area (Å²) in [5.74, 6) is -1.25. The average molecular weight is 439 g/mol. The Balaban J connectivity index is 1.08. The van der Waals surface area contributed by atoms with E-state index in [0.29, 0.717) is 22.9 Å². The molecule has 5 aliphatic rings. The minimum Gasteiger partial charge on any atom is -0.350 e. The molecule has 7 rings (SSSR count). The maximum Gasteiger partial charge on any atom is 0.394 e. The van der Waals surface area contributed by atoms with E-state index < -0.39 is 28.8 Å². The molecule has 9 heteroatoms. The van der Waals surface area contributed by atoms with Crippen LogP contribution < -0.4 is 5.32 Å². The van der Waals surface area contributed by atoms with Gasteiger partial charge in [0.15, 0.2) is 11.6 Å². The number of aromatic nitrogens is 2. The van der Waals surface area contributed by atoms with Gasteiger partial charge in [0.2, 0.25) is 5.91 Å². The standard InChI is InChI=1S/C22H22F5N3O/c1-10(19(31)29-21-6-20(7-21,8-21)22(25,26)27)18-12-2-11(3-13(12)18)30-9-28-16-4-14(23)15(24)5-17(16)30/h4-5,9-13,18H,2-3,6-8H2,1H3,(H,29,31)/t10?,11?,12-,13+,18?,20?,21?. The van der Waals surface area contributed by atoms with Crippen molar-refractivity contribution in [2.24, 2.45) is 29.1 Å². The van der Waals surface area contributed by atoms with Gasteiger partial charge in [-0.2, -0.15) is 13.2 Å². The maximum atomic E-state index is 13.7. The molecule has 31 heavy (non-hydrogen) atoms. The molecule has 0 saturated heterocycles. The van der Waals surface area contributed by atoms with Crippen molar-refractivity contribution in [2.45, 2.75) is 56.8 Å². The Labute approximate surface area is 175 Å². The van der Waals surface area contributed by atoms with E-state index in [1.807, 2.05) is 11.5 Å². The van der Waals surface area contributed by atoms with E-state index >= 15 is 0 Å². The number of carbonyl (C=O) groups excluding carboxylic acids is 1. The molecular formula is C22H22F5N3O. The van der Waals surface area contributed by atoms with Crippen LogP contribution in [0.15, 0.2) is 18.5 Å². The van der Waals surface area contributed by atoms with Crippen LogP contribution in [-0.4, -0.2) is 27.2 Å². The van der Waals surface area contributed by atoms with E-state index in [9.17, 15) is 26.7 Å². The molecule has 0 spiro atoms. The first kappa shape index (κ1) is 19.5. The first-order chi connectivity index (χ1) is 14.5. The van der Waals surface area contributed by atoms with E-state index in [-0.39, 0.29) is 43.0 Å². The summed E-state index contributed by atoms with van der Waals surface area (Å²) in [6, 6.07) is 2.40. The van der Waals surface area contributed by atoms with Gasteiger partial charge in [0.1, 0.15) is 0 Å². The van der Waals surface area contributed by atoms with Gasteiger partial charge < -0.3 is 9.88 Å². The Kier molecular flexibility index (Phi) is 3.63. The normalized spacial score (nSPS) is 38.9. The Morgan fingerprint density at radius 2 is 1.77 bits per heavy atom. The van der Waals surface area contributed by atoms with Crippen LogP contribution in [0.4, 0.5) is 22.0 Å². The Morgan fingerprint density at radius 3 is 2.39 bits per heavy atom. The third-order valence-corrected chi connectivity index (χ3v) is 8.51. The first-order valence-corrected chi connectivity index (χ1v) is 10.7. The predicted molar refractivity (Wildman–Crippen MR) is 101 cm³/mol. The van der Waals surface area contributed by atoms with Gasteiger partial charge in [0.05, 0.1) is 22.8 Å². The molecular weight excluding hydrogens is 417 g/mol. The average Bonchev–Trinajstić information content (AvgIpc) is 2.96. The summed E-state index contributed by atoms with van der Waals surface area (Å²) in [5.41, 5.74) is -1.24. The molecule has 1 N–H and O–H groups in total. The van der Waals surface area contributed by atoms with Crippen LogP contribution in [-0.2, 0) is 4.79 Å². The van der Waals surface area contributed by atoms with Gasteiger partial charge in [-0.3, -0.25) is 4.79 Å². The molecule has 5 aliphatic carbocycles. The highest BCUT2D eigenvalue weighted by molar-refractivity contribution is 5.80. The number of nitrogens with one attached hydrogen (secondary N) is 1. The van der Waals surface area contributed by atoms with Crippen LogP contribution in [0, 0.1) is 40.7 Å². The molecule has 2 bridgehead atoms. The van der Waals surface area contributed by atoms with E-state index in [0.717, 1.165) is 18.9 Å². The number of carbonyl (C=O) groups is 1. The van der Waals surface area contributed by atoms with Gasteiger partial charge in [0.25, 0.3) is 0 Å². The van der Waals surface area contributed by atoms with Crippen molar-refractivity contribution in [1.82, 2.24) is 14.9 Å². The highest BCUT2D eigenvalue weighted by atomic mass is 19.4. The van der Waals surface area contributed by atoms with Crippen LogP contribution in [0.2, 0.25) is 0 Å². The summed E-state index contributed by atoms with van der Waals surface area (Å²) in [5, 5.41) is 2.91. The van der Waals surface area contributed by atoms with Crippen molar-refractivity contribution in [3.8, 4) is 0 Å². The second kappa shape index (κ2) is 5.78. The topological polar surface area (TPSA) is 46.9 Å². The highest BCUT2D eigenvalue weighted by Crippen LogP contribution is 2.73. The summed E-state index contributed by atoms with van der Waals surface area (Å²) in [6.45, 7) is 1.86. The number of hydrogen-bond donors (Lipinski definition) is 1. The zero-order valence-corrected chi connectivity index (χ0v) is 16.8. The summed E-state index contributed by atoms with van der Waals surface area (Å²) >= 11 is 0. The lowest BCUT2D eigenvalue weighted by molar-refractivity contribution is -0.337. The van der Waals surface area contributed by atoms with Crippen molar-refractivity contribution in [2.75, 3.05) is 0 Å². The molecule has 0 aliphatic heterocycles. The molecule has 166 valence electrons. The molecule has 5 saturated carbocycles. The summed E-state index contributed by atoms with van der Waals surface area (Å²) in [6.07, 6.45) is -0.881. The minimum absolute atomic E-state index is 0.00636. The lowest BCUT2D eigenvalue weighted by Gasteiger charge is -2.70. The Morgan fingerprint density at radius 1 is 1.16 bits per heavy atom. The quantitative estimate of drug-likeness (QED) is 0.699. The first-order valence-electron chi connectivity index (χ1n) is 10.7. The molecule has 3 unspecified atom stereocenters. The molecule has 0 radical (unpaired) electrons. The molecule has 2 aromatic rings. The highest BCUT2D eigenvalue weighted by Gasteiger charge is 2.79. The van der Waals surface area contributed by atoms with Crippen molar-refractivity contribution in [3.05, 3.63) is 30.1 Å². The molecule has 4 nitrogen and oxygen atoms in total. The number of hydrogen-bond acceptors (Lipinski definition) is 2. The summed E-state index contributed by atoms with van der Waals surface area (Å²) in [4.78, 5) is 16.9. The fourth-order valence-electron chi connectivity index (χ4n) is 6.92. The number of amides is 1. The minimum atomic E-state index is -4.18. The number of nitrogens with zero attached hydrogens (tertiary/aromatic N) is 2. The summed E-state index contributed by atoms with van der Waals surface area (Å²) in [7, 11) is 0. The van der Waals surface area contributed by atoms with Gasteiger partial charge in [-0.25, -0.2) is 13.8 Å². The van der Waals surface area contributed by atoms with Crippen molar-refractivity contribution >= 4 is 16.9 Å². The molecule has 1 aromatic heterocycles. The molecule has 1 aromatic carbocycles. The van der Waals surface area contributed by atoms with Crippen LogP contribution in [0.3, 0.4) is 0 Å². The van der Waals surface area contributed by atoms with Gasteiger partial charge in [-0.1, -0.05) is 6.92 Å². The number of imidazole rings is 1. The van der Waals surface area contributed by atoms with Crippen LogP contribution in [0.1, 0.15) is 45.1 Å². The van der Waals surface area contributed by atoms with Gasteiger partial charge >= 0.3 is 6.18 Å². The zero-order valence-electron chi connectivity index (χ0n) is 16.8. The number of alkyl halides is 3. The van der Waals surface area contributed by atoms with Crippen LogP contribution >= 0.6 is 0 Å². The fourth-order valence-corrected chi connectivity index (χ4v) is 6.92. The fraction of sp³-hybridized carbons (Fsp3) is 0.636. The third kappa shape index (κ3) is 2.58. The van der Waals surface area contributed by atoms with Crippen molar-refractivity contribution < 1.29 is 26.7 Å². The molecule has 1 amide bonds. The van der Waals surface area contributed by atoms with E-state index in [2.05, 4.69) is 10.3 Å². The van der Waals surface area contributed by atoms with Gasteiger partial charge in [0, 0.05) is 29.6 Å². The van der Waals surface area contributed by atoms with Crippen LogP contribution in [0.25, 0.3) is 11.0 Å². The van der Waals surface area contributed by atoms with Crippen molar-refractivity contribution in [3.63, 3.8) is 0 Å². The smallest absolute Gasteiger partial charge is 0.350 e. The van der Waals surface area contributed by atoms with E-state index in [4.69, 9.17) is 0 Å². The van der Waals surface area contributed by atoms with Crippen molar-refractivity contribution in [1.29, 1.82) is 0 Å². The Bertz CT molecular complexity index is 1080. The second-order valence-electron chi connectivity index (χ2n) is 10.3. The largest absolute Gasteiger partial charge is 0.394 e. The molecule has 5 atom stereocenters. The number of halogens is 5. The number of rotatable bonds is 4. The number of fused-ring (bicyclic) bond motifs is 2. The lowest BCUT2D eigenvalue weighted by Crippen LogP contribution is -2.79. The number of benzene rings is 1. The summed E-state index contributed by atoms with van der Waals surface area (Å²) < 4.78 is 68.1.